The standard InChI is InChI=1S/C35H22N6/c1-4-13-23(14-5-1)32-38-33(24-15-6-2-7-16-24)40-35(39-32)34-36-27-20-12-22-29-30(27)31(37-34)26-19-10-11-21-28(26)41(29)25-17-8-3-9-18-25/h1-22H. The minimum atomic E-state index is 0.434. The van der Waals surface area contributed by atoms with E-state index in [4.69, 9.17) is 24.9 Å². The quantitative estimate of drug-likeness (QED) is 0.230. The third kappa shape index (κ3) is 3.93. The molecule has 0 spiro atoms. The van der Waals surface area contributed by atoms with Crippen LogP contribution >= 0.6 is 0 Å². The van der Waals surface area contributed by atoms with Crippen LogP contribution in [0.15, 0.2) is 133 Å². The maximum Gasteiger partial charge on any atom is 0.201 e. The highest BCUT2D eigenvalue weighted by Crippen LogP contribution is 2.49. The molecule has 0 bridgehead atoms. The summed E-state index contributed by atoms with van der Waals surface area (Å²) in [5.74, 6) is 2.06. The molecule has 2 aromatic heterocycles. The third-order valence-electron chi connectivity index (χ3n) is 7.26. The molecule has 0 fully saturated rings. The Balaban J connectivity index is 1.38. The summed E-state index contributed by atoms with van der Waals surface area (Å²) in [5.41, 5.74) is 7.73. The lowest BCUT2D eigenvalue weighted by Gasteiger charge is -2.32. The first kappa shape index (κ1) is 23.2. The zero-order chi connectivity index (χ0) is 27.2. The van der Waals surface area contributed by atoms with E-state index in [1.165, 1.54) is 0 Å². The molecule has 0 N–H and O–H groups in total. The molecule has 3 heterocycles. The third-order valence-corrected chi connectivity index (χ3v) is 7.26. The number of para-hydroxylation sites is 2. The van der Waals surface area contributed by atoms with E-state index < -0.39 is 0 Å². The largest absolute Gasteiger partial charge is 0.309 e. The minimum absolute atomic E-state index is 0.434. The van der Waals surface area contributed by atoms with Crippen LogP contribution < -0.4 is 4.90 Å². The molecule has 0 radical (unpaired) electrons. The molecule has 0 unspecified atom stereocenters. The van der Waals surface area contributed by atoms with Gasteiger partial charge >= 0.3 is 0 Å². The second-order valence-corrected chi connectivity index (χ2v) is 9.79. The first-order valence-electron chi connectivity index (χ1n) is 13.5. The molecule has 41 heavy (non-hydrogen) atoms. The van der Waals surface area contributed by atoms with Crippen LogP contribution in [0.5, 0.6) is 0 Å². The van der Waals surface area contributed by atoms with E-state index in [9.17, 15) is 0 Å². The monoisotopic (exact) mass is 526 g/mol. The smallest absolute Gasteiger partial charge is 0.201 e. The van der Waals surface area contributed by atoms with Gasteiger partial charge < -0.3 is 4.90 Å². The number of aromatic nitrogens is 5. The van der Waals surface area contributed by atoms with Gasteiger partial charge in [0.25, 0.3) is 0 Å². The lowest BCUT2D eigenvalue weighted by Crippen LogP contribution is -2.16. The van der Waals surface area contributed by atoms with Gasteiger partial charge in [0.15, 0.2) is 17.5 Å². The molecule has 1 aliphatic rings. The Labute approximate surface area is 236 Å². The highest BCUT2D eigenvalue weighted by atomic mass is 15.2. The van der Waals surface area contributed by atoms with Gasteiger partial charge in [0.05, 0.1) is 28.0 Å². The van der Waals surface area contributed by atoms with Crippen LogP contribution in [0.1, 0.15) is 0 Å². The van der Waals surface area contributed by atoms with E-state index in [0.29, 0.717) is 23.3 Å². The van der Waals surface area contributed by atoms with Crippen LogP contribution in [0.4, 0.5) is 17.1 Å². The van der Waals surface area contributed by atoms with E-state index in [-0.39, 0.29) is 0 Å². The second-order valence-electron chi connectivity index (χ2n) is 9.79. The zero-order valence-corrected chi connectivity index (χ0v) is 21.9. The SMILES string of the molecule is c1ccc(-c2nc(-c3ccccc3)nc(-c3nc4c5c(cccc5n3)N(c3ccccc3)c3ccccc3-4)n2)cc1. The molecule has 0 amide bonds. The average molecular weight is 527 g/mol. The molecule has 5 aromatic carbocycles. The van der Waals surface area contributed by atoms with Crippen LogP contribution in [0.25, 0.3) is 56.6 Å². The molecule has 0 saturated carbocycles. The Kier molecular flexibility index (Phi) is 5.35. The summed E-state index contributed by atoms with van der Waals surface area (Å²) in [6.07, 6.45) is 0. The highest BCUT2D eigenvalue weighted by molar-refractivity contribution is 6.11. The van der Waals surface area contributed by atoms with Crippen molar-refractivity contribution in [1.29, 1.82) is 0 Å². The number of benzene rings is 5. The van der Waals surface area contributed by atoms with Gasteiger partial charge in [0.1, 0.15) is 0 Å². The van der Waals surface area contributed by atoms with Crippen LogP contribution in [0.3, 0.4) is 0 Å². The van der Waals surface area contributed by atoms with Crippen LogP contribution in [-0.4, -0.2) is 24.9 Å². The minimum Gasteiger partial charge on any atom is -0.309 e. The fourth-order valence-electron chi connectivity index (χ4n) is 5.41. The molecule has 192 valence electrons. The Morgan fingerprint density at radius 3 is 1.61 bits per heavy atom. The first-order valence-corrected chi connectivity index (χ1v) is 13.5. The lowest BCUT2D eigenvalue weighted by molar-refractivity contribution is 1.04. The fraction of sp³-hybridized carbons (Fsp3) is 0. The summed E-state index contributed by atoms with van der Waals surface area (Å²) in [6, 6.07) is 44.8. The topological polar surface area (TPSA) is 67.7 Å². The summed E-state index contributed by atoms with van der Waals surface area (Å²) in [4.78, 5) is 27.0. The predicted molar refractivity (Wildman–Crippen MR) is 163 cm³/mol. The summed E-state index contributed by atoms with van der Waals surface area (Å²) in [6.45, 7) is 0. The van der Waals surface area contributed by atoms with Crippen molar-refractivity contribution in [2.75, 3.05) is 4.90 Å². The normalized spacial score (nSPS) is 11.9. The zero-order valence-electron chi connectivity index (χ0n) is 21.9. The second kappa shape index (κ2) is 9.47. The maximum atomic E-state index is 5.15. The lowest BCUT2D eigenvalue weighted by atomic mass is 9.96. The van der Waals surface area contributed by atoms with Crippen molar-refractivity contribution in [1.82, 2.24) is 24.9 Å². The first-order chi connectivity index (χ1) is 20.3. The van der Waals surface area contributed by atoms with Crippen molar-refractivity contribution >= 4 is 28.0 Å². The van der Waals surface area contributed by atoms with Crippen molar-refractivity contribution in [3.8, 4) is 45.7 Å². The van der Waals surface area contributed by atoms with E-state index >= 15 is 0 Å². The average Bonchev–Trinajstić information content (AvgIpc) is 3.06. The van der Waals surface area contributed by atoms with E-state index in [0.717, 1.165) is 50.3 Å². The molecule has 0 aliphatic carbocycles. The molecule has 6 heteroatoms. The van der Waals surface area contributed by atoms with Crippen molar-refractivity contribution in [2.45, 2.75) is 0 Å². The number of anilines is 3. The summed E-state index contributed by atoms with van der Waals surface area (Å²) in [5, 5.41) is 0.999. The van der Waals surface area contributed by atoms with Gasteiger partial charge in [0, 0.05) is 22.4 Å². The number of hydrogen-bond donors (Lipinski definition) is 0. The number of nitrogens with zero attached hydrogens (tertiary/aromatic N) is 6. The van der Waals surface area contributed by atoms with Crippen LogP contribution in [0.2, 0.25) is 0 Å². The van der Waals surface area contributed by atoms with E-state index in [2.05, 4.69) is 53.4 Å². The molecule has 7 aromatic rings. The number of fused-ring (bicyclic) bond motifs is 2. The molecular weight excluding hydrogens is 504 g/mol. The van der Waals surface area contributed by atoms with Gasteiger partial charge in [-0.2, -0.15) is 0 Å². The maximum absolute atomic E-state index is 5.15. The van der Waals surface area contributed by atoms with Crippen molar-refractivity contribution in [3.63, 3.8) is 0 Å². The number of rotatable bonds is 4. The van der Waals surface area contributed by atoms with Gasteiger partial charge in [-0.3, -0.25) is 0 Å². The number of hydrogen-bond acceptors (Lipinski definition) is 6. The molecule has 0 atom stereocenters. The van der Waals surface area contributed by atoms with E-state index in [1.54, 1.807) is 0 Å². The highest BCUT2D eigenvalue weighted by Gasteiger charge is 2.28. The summed E-state index contributed by atoms with van der Waals surface area (Å²) < 4.78 is 0. The van der Waals surface area contributed by atoms with Crippen molar-refractivity contribution in [3.05, 3.63) is 133 Å². The Hall–Kier alpha value is -5.75. The van der Waals surface area contributed by atoms with Crippen LogP contribution in [0, 0.1) is 0 Å². The molecule has 0 saturated heterocycles. The Morgan fingerprint density at radius 1 is 0.390 bits per heavy atom. The molecule has 6 nitrogen and oxygen atoms in total. The van der Waals surface area contributed by atoms with Gasteiger partial charge in [-0.15, -0.1) is 0 Å². The van der Waals surface area contributed by atoms with Gasteiger partial charge in [0.2, 0.25) is 5.82 Å². The molecule has 8 rings (SSSR count). The molecule has 1 aliphatic heterocycles. The van der Waals surface area contributed by atoms with E-state index in [1.807, 2.05) is 84.9 Å². The van der Waals surface area contributed by atoms with Crippen LogP contribution in [-0.2, 0) is 0 Å². The van der Waals surface area contributed by atoms with Gasteiger partial charge in [-0.25, -0.2) is 24.9 Å². The fourth-order valence-corrected chi connectivity index (χ4v) is 5.41. The Bertz CT molecular complexity index is 1990. The van der Waals surface area contributed by atoms with Crippen molar-refractivity contribution < 1.29 is 0 Å². The van der Waals surface area contributed by atoms with Gasteiger partial charge in [-0.05, 0) is 30.3 Å². The van der Waals surface area contributed by atoms with Crippen molar-refractivity contribution in [2.24, 2.45) is 0 Å². The predicted octanol–water partition coefficient (Wildman–Crippen LogP) is 8.27. The summed E-state index contributed by atoms with van der Waals surface area (Å²) in [7, 11) is 0. The van der Waals surface area contributed by atoms with Gasteiger partial charge in [-0.1, -0.05) is 103 Å². The molecular formula is C35H22N6. The Morgan fingerprint density at radius 2 is 0.927 bits per heavy atom. The summed E-state index contributed by atoms with van der Waals surface area (Å²) >= 11 is 0.